The molecule has 2 aromatic heterocycles. The van der Waals surface area contributed by atoms with Crippen LogP contribution in [0.25, 0.3) is 10.7 Å². The molecular weight excluding hydrogens is 465 g/mol. The number of benzene rings is 1. The number of thioether (sulfide) groups is 1. The Labute approximate surface area is 190 Å². The fourth-order valence-electron chi connectivity index (χ4n) is 2.69. The van der Waals surface area contributed by atoms with E-state index in [1.54, 1.807) is 0 Å². The monoisotopic (exact) mass is 484 g/mol. The van der Waals surface area contributed by atoms with E-state index in [9.17, 15) is 22.8 Å². The molecule has 7 nitrogen and oxygen atoms in total. The van der Waals surface area contributed by atoms with Crippen LogP contribution in [-0.4, -0.2) is 38.5 Å². The molecule has 2 heterocycles. The van der Waals surface area contributed by atoms with Crippen molar-refractivity contribution < 1.29 is 27.5 Å². The minimum atomic E-state index is -4.53. The van der Waals surface area contributed by atoms with Crippen LogP contribution in [0.1, 0.15) is 19.4 Å². The van der Waals surface area contributed by atoms with Gasteiger partial charge in [0.05, 0.1) is 16.2 Å². The molecule has 0 saturated carbocycles. The predicted molar refractivity (Wildman–Crippen MR) is 115 cm³/mol. The van der Waals surface area contributed by atoms with E-state index >= 15 is 0 Å². The molecule has 0 spiro atoms. The zero-order valence-electron chi connectivity index (χ0n) is 17.0. The van der Waals surface area contributed by atoms with Gasteiger partial charge in [0, 0.05) is 12.2 Å². The fraction of sp³-hybridized carbons (Fsp3) is 0.300. The lowest BCUT2D eigenvalue weighted by atomic mass is 10.2. The fourth-order valence-corrected chi connectivity index (χ4v) is 4.20. The van der Waals surface area contributed by atoms with E-state index in [1.165, 1.54) is 30.4 Å². The summed E-state index contributed by atoms with van der Waals surface area (Å²) in [5.74, 6) is -0.805. The quantitative estimate of drug-likeness (QED) is 0.368. The Morgan fingerprint density at radius 1 is 1.25 bits per heavy atom. The number of halogens is 3. The molecule has 3 rings (SSSR count). The van der Waals surface area contributed by atoms with E-state index in [-0.39, 0.29) is 11.4 Å². The van der Waals surface area contributed by atoms with Gasteiger partial charge in [0.15, 0.2) is 17.1 Å². The number of rotatable bonds is 8. The van der Waals surface area contributed by atoms with Gasteiger partial charge in [0.1, 0.15) is 0 Å². The molecule has 1 aromatic carbocycles. The normalized spacial score (nSPS) is 12.4. The first-order valence-corrected chi connectivity index (χ1v) is 11.3. The van der Waals surface area contributed by atoms with E-state index in [0.717, 1.165) is 28.8 Å². The highest BCUT2D eigenvalue weighted by Crippen LogP contribution is 2.31. The molecule has 1 amide bonds. The molecule has 0 saturated heterocycles. The lowest BCUT2D eigenvalue weighted by molar-refractivity contribution is -0.150. The van der Waals surface area contributed by atoms with E-state index in [1.807, 2.05) is 29.0 Å². The van der Waals surface area contributed by atoms with Gasteiger partial charge in [-0.3, -0.25) is 9.59 Å². The van der Waals surface area contributed by atoms with E-state index in [2.05, 4.69) is 15.5 Å². The van der Waals surface area contributed by atoms with Crippen molar-refractivity contribution in [1.29, 1.82) is 0 Å². The van der Waals surface area contributed by atoms with Crippen molar-refractivity contribution in [3.05, 3.63) is 47.3 Å². The van der Waals surface area contributed by atoms with Gasteiger partial charge in [-0.2, -0.15) is 13.2 Å². The number of nitrogens with one attached hydrogen (secondary N) is 1. The smallest absolute Gasteiger partial charge is 0.416 e. The minimum absolute atomic E-state index is 0.0424. The van der Waals surface area contributed by atoms with Gasteiger partial charge in [-0.15, -0.1) is 21.5 Å². The van der Waals surface area contributed by atoms with Crippen molar-refractivity contribution >= 4 is 40.7 Å². The summed E-state index contributed by atoms with van der Waals surface area (Å²) >= 11 is 2.65. The number of hydrogen-bond acceptors (Lipinski definition) is 7. The van der Waals surface area contributed by atoms with Crippen molar-refractivity contribution in [2.24, 2.45) is 0 Å². The molecule has 0 radical (unpaired) electrons. The number of alkyl halides is 3. The summed E-state index contributed by atoms with van der Waals surface area (Å²) < 4.78 is 45.4. The van der Waals surface area contributed by atoms with Crippen LogP contribution >= 0.6 is 23.1 Å². The zero-order valence-corrected chi connectivity index (χ0v) is 18.7. The molecule has 12 heteroatoms. The van der Waals surface area contributed by atoms with Crippen molar-refractivity contribution in [3.8, 4) is 10.7 Å². The Hall–Kier alpha value is -2.86. The third-order valence-electron chi connectivity index (χ3n) is 4.23. The summed E-state index contributed by atoms with van der Waals surface area (Å²) in [5, 5.41) is 13.1. The van der Waals surface area contributed by atoms with Crippen LogP contribution in [0.15, 0.2) is 46.9 Å². The largest absolute Gasteiger partial charge is 0.452 e. The van der Waals surface area contributed by atoms with Gasteiger partial charge in [0.2, 0.25) is 0 Å². The zero-order chi connectivity index (χ0) is 23.3. The van der Waals surface area contributed by atoms with E-state index < -0.39 is 29.7 Å². The summed E-state index contributed by atoms with van der Waals surface area (Å²) in [4.78, 5) is 25.3. The number of thiophene rings is 1. The maximum absolute atomic E-state index is 12.8. The van der Waals surface area contributed by atoms with Gasteiger partial charge in [-0.25, -0.2) is 0 Å². The van der Waals surface area contributed by atoms with Crippen LogP contribution < -0.4 is 5.32 Å². The molecule has 0 aliphatic carbocycles. The van der Waals surface area contributed by atoms with Gasteiger partial charge in [0.25, 0.3) is 5.91 Å². The van der Waals surface area contributed by atoms with E-state index in [4.69, 9.17) is 4.74 Å². The number of ether oxygens (including phenoxy) is 1. The Morgan fingerprint density at radius 2 is 2.03 bits per heavy atom. The van der Waals surface area contributed by atoms with Crippen molar-refractivity contribution in [1.82, 2.24) is 14.8 Å². The Balaban J connectivity index is 1.55. The summed E-state index contributed by atoms with van der Waals surface area (Å²) in [7, 11) is 0. The SMILES string of the molecule is CCn1c(SCC(=O)OC(C)C(=O)Nc2cccc(C(F)(F)F)c2)nnc1-c1cccs1. The van der Waals surface area contributed by atoms with Crippen molar-refractivity contribution in [3.63, 3.8) is 0 Å². The highest BCUT2D eigenvalue weighted by molar-refractivity contribution is 7.99. The maximum atomic E-state index is 12.8. The third-order valence-corrected chi connectivity index (χ3v) is 6.03. The third kappa shape index (κ3) is 5.88. The molecular formula is C20H19F3N4O3S2. The number of aromatic nitrogens is 3. The second-order valence-electron chi connectivity index (χ2n) is 6.52. The van der Waals surface area contributed by atoms with Gasteiger partial charge < -0.3 is 14.6 Å². The summed E-state index contributed by atoms with van der Waals surface area (Å²) in [6.07, 6.45) is -5.72. The van der Waals surface area contributed by atoms with Crippen molar-refractivity contribution in [2.75, 3.05) is 11.1 Å². The highest BCUT2D eigenvalue weighted by atomic mass is 32.2. The number of carbonyl (C=O) groups excluding carboxylic acids is 2. The summed E-state index contributed by atoms with van der Waals surface area (Å²) in [5.41, 5.74) is -0.933. The molecule has 3 aromatic rings. The molecule has 170 valence electrons. The average molecular weight is 485 g/mol. The lowest BCUT2D eigenvalue weighted by Gasteiger charge is -2.14. The number of anilines is 1. The molecule has 0 bridgehead atoms. The predicted octanol–water partition coefficient (Wildman–Crippen LogP) is 4.71. The van der Waals surface area contributed by atoms with Crippen LogP contribution in [0, 0.1) is 0 Å². The first kappa shape index (κ1) is 23.8. The lowest BCUT2D eigenvalue weighted by Crippen LogP contribution is -2.30. The standard InChI is InChI=1S/C20H19F3N4O3S2/c1-3-27-17(15-8-5-9-31-15)25-26-19(27)32-11-16(28)30-12(2)18(29)24-14-7-4-6-13(10-14)20(21,22)23/h4-10,12H,3,11H2,1-2H3,(H,24,29). The molecule has 32 heavy (non-hydrogen) atoms. The van der Waals surface area contributed by atoms with Gasteiger partial charge in [-0.05, 0) is 43.5 Å². The van der Waals surface area contributed by atoms with Crippen LogP contribution in [0.4, 0.5) is 18.9 Å². The Kier molecular flexibility index (Phi) is 7.56. The number of hydrogen-bond donors (Lipinski definition) is 1. The summed E-state index contributed by atoms with van der Waals surface area (Å²) in [6.45, 7) is 3.88. The molecule has 0 aliphatic rings. The van der Waals surface area contributed by atoms with Crippen LogP contribution in [-0.2, 0) is 27.0 Å². The van der Waals surface area contributed by atoms with Crippen LogP contribution in [0.5, 0.6) is 0 Å². The molecule has 1 N–H and O–H groups in total. The Bertz CT molecular complexity index is 1080. The first-order valence-electron chi connectivity index (χ1n) is 9.46. The summed E-state index contributed by atoms with van der Waals surface area (Å²) in [6, 6.07) is 8.04. The van der Waals surface area contributed by atoms with Crippen LogP contribution in [0.3, 0.4) is 0 Å². The molecule has 1 atom stereocenters. The van der Waals surface area contributed by atoms with Gasteiger partial charge >= 0.3 is 12.1 Å². The minimum Gasteiger partial charge on any atom is -0.452 e. The number of carbonyl (C=O) groups is 2. The second-order valence-corrected chi connectivity index (χ2v) is 8.41. The molecule has 1 unspecified atom stereocenters. The average Bonchev–Trinajstić information content (AvgIpc) is 3.41. The first-order chi connectivity index (χ1) is 15.2. The van der Waals surface area contributed by atoms with Crippen LogP contribution in [0.2, 0.25) is 0 Å². The highest BCUT2D eigenvalue weighted by Gasteiger charge is 2.30. The number of nitrogens with zero attached hydrogens (tertiary/aromatic N) is 3. The second kappa shape index (κ2) is 10.2. The molecule has 0 fully saturated rings. The number of esters is 1. The topological polar surface area (TPSA) is 86.1 Å². The Morgan fingerprint density at radius 3 is 2.69 bits per heavy atom. The van der Waals surface area contributed by atoms with E-state index in [0.29, 0.717) is 17.5 Å². The maximum Gasteiger partial charge on any atom is 0.416 e. The molecule has 0 aliphatic heterocycles. The van der Waals surface area contributed by atoms with Gasteiger partial charge in [-0.1, -0.05) is 23.9 Å². The van der Waals surface area contributed by atoms with Crippen molar-refractivity contribution in [2.45, 2.75) is 37.8 Å². The number of amides is 1.